The van der Waals surface area contributed by atoms with Gasteiger partial charge in [0.1, 0.15) is 0 Å². The first-order chi connectivity index (χ1) is 6.07. The third-order valence-corrected chi connectivity index (χ3v) is 2.10. The number of rotatable bonds is 6. The van der Waals surface area contributed by atoms with Gasteiger partial charge in [-0.15, -0.1) is 12.3 Å². The summed E-state index contributed by atoms with van der Waals surface area (Å²) in [4.78, 5) is 2.50. The highest BCUT2D eigenvalue weighted by molar-refractivity contribution is 4.83. The molecule has 13 heavy (non-hydrogen) atoms. The van der Waals surface area contributed by atoms with Crippen LogP contribution in [-0.2, 0) is 0 Å². The number of hydrogen-bond acceptors (Lipinski definition) is 1. The number of nitrogens with zero attached hydrogens (tertiary/aromatic N) is 1. The van der Waals surface area contributed by atoms with E-state index in [2.05, 4.69) is 38.5 Å². The maximum absolute atomic E-state index is 5.22. The van der Waals surface area contributed by atoms with Gasteiger partial charge in [-0.1, -0.05) is 13.8 Å². The van der Waals surface area contributed by atoms with Gasteiger partial charge in [-0.3, -0.25) is 0 Å². The van der Waals surface area contributed by atoms with E-state index < -0.39 is 0 Å². The Labute approximate surface area is 83.5 Å². The zero-order valence-electron chi connectivity index (χ0n) is 9.51. The van der Waals surface area contributed by atoms with Gasteiger partial charge in [-0.25, -0.2) is 0 Å². The van der Waals surface area contributed by atoms with Gasteiger partial charge >= 0.3 is 0 Å². The molecule has 0 aliphatic carbocycles. The molecule has 0 aromatic rings. The van der Waals surface area contributed by atoms with Crippen molar-refractivity contribution in [1.82, 2.24) is 4.90 Å². The Bertz CT molecular complexity index is 153. The van der Waals surface area contributed by atoms with Crippen LogP contribution in [0.1, 0.15) is 40.5 Å². The van der Waals surface area contributed by atoms with Crippen molar-refractivity contribution < 1.29 is 0 Å². The van der Waals surface area contributed by atoms with Crippen LogP contribution in [0.4, 0.5) is 0 Å². The molecular formula is C12H23N. The Balaban J connectivity index is 3.75. The molecule has 0 aliphatic rings. The highest BCUT2D eigenvalue weighted by Crippen LogP contribution is 2.05. The van der Waals surface area contributed by atoms with E-state index in [1.54, 1.807) is 0 Å². The molecule has 0 radical (unpaired) electrons. The van der Waals surface area contributed by atoms with Crippen LogP contribution in [0.3, 0.4) is 0 Å². The maximum atomic E-state index is 5.22. The van der Waals surface area contributed by atoms with Crippen molar-refractivity contribution >= 4 is 0 Å². The van der Waals surface area contributed by atoms with Crippen LogP contribution in [0.25, 0.3) is 0 Å². The molecule has 0 fully saturated rings. The van der Waals surface area contributed by atoms with Crippen molar-refractivity contribution in [3.05, 3.63) is 0 Å². The fourth-order valence-corrected chi connectivity index (χ4v) is 1.41. The molecule has 0 aliphatic heterocycles. The predicted octanol–water partition coefficient (Wildman–Crippen LogP) is 2.77. The van der Waals surface area contributed by atoms with E-state index in [0.29, 0.717) is 6.04 Å². The molecule has 1 nitrogen and oxygen atoms in total. The van der Waals surface area contributed by atoms with Crippen molar-refractivity contribution in [3.8, 4) is 12.3 Å². The van der Waals surface area contributed by atoms with Gasteiger partial charge in [-0.05, 0) is 32.7 Å². The van der Waals surface area contributed by atoms with E-state index in [1.165, 1.54) is 6.54 Å². The van der Waals surface area contributed by atoms with Crippen LogP contribution in [0.2, 0.25) is 0 Å². The van der Waals surface area contributed by atoms with Gasteiger partial charge < -0.3 is 4.90 Å². The van der Waals surface area contributed by atoms with Crippen LogP contribution < -0.4 is 0 Å². The standard InChI is InChI=1S/C12H23N/c1-6-7-8-9-13(12(4)5)10-11(2)3/h1,11-12H,7-10H2,2-5H3. The summed E-state index contributed by atoms with van der Waals surface area (Å²) in [6, 6.07) is 0.639. The fourth-order valence-electron chi connectivity index (χ4n) is 1.41. The first kappa shape index (κ1) is 12.5. The average Bonchev–Trinajstić information content (AvgIpc) is 2.02. The second-order valence-electron chi connectivity index (χ2n) is 4.29. The van der Waals surface area contributed by atoms with Gasteiger partial charge in [-0.2, -0.15) is 0 Å². The number of terminal acetylenes is 1. The summed E-state index contributed by atoms with van der Waals surface area (Å²) in [6.45, 7) is 11.3. The molecule has 0 aromatic carbocycles. The molecule has 0 spiro atoms. The topological polar surface area (TPSA) is 3.24 Å². The maximum Gasteiger partial charge on any atom is 0.00982 e. The summed E-state index contributed by atoms with van der Waals surface area (Å²) >= 11 is 0. The van der Waals surface area contributed by atoms with Crippen LogP contribution >= 0.6 is 0 Å². The molecule has 76 valence electrons. The minimum atomic E-state index is 0.639. The van der Waals surface area contributed by atoms with Gasteiger partial charge in [0.15, 0.2) is 0 Å². The zero-order valence-corrected chi connectivity index (χ0v) is 9.51. The molecular weight excluding hydrogens is 158 g/mol. The van der Waals surface area contributed by atoms with Crippen LogP contribution in [-0.4, -0.2) is 24.0 Å². The summed E-state index contributed by atoms with van der Waals surface area (Å²) in [6.07, 6.45) is 7.25. The normalized spacial score (nSPS) is 11.2. The van der Waals surface area contributed by atoms with E-state index in [4.69, 9.17) is 6.42 Å². The highest BCUT2D eigenvalue weighted by Gasteiger charge is 2.09. The third-order valence-electron chi connectivity index (χ3n) is 2.10. The smallest absolute Gasteiger partial charge is 0.00982 e. The molecule has 0 heterocycles. The second-order valence-corrected chi connectivity index (χ2v) is 4.29. The Hall–Kier alpha value is -0.480. The lowest BCUT2D eigenvalue weighted by Crippen LogP contribution is -2.34. The summed E-state index contributed by atoms with van der Waals surface area (Å²) < 4.78 is 0. The minimum Gasteiger partial charge on any atom is -0.301 e. The van der Waals surface area contributed by atoms with Gasteiger partial charge in [0.05, 0.1) is 0 Å². The number of unbranched alkanes of at least 4 members (excludes halogenated alkanes) is 1. The van der Waals surface area contributed by atoms with Crippen LogP contribution in [0.15, 0.2) is 0 Å². The first-order valence-corrected chi connectivity index (χ1v) is 5.25. The largest absolute Gasteiger partial charge is 0.301 e. The fraction of sp³-hybridized carbons (Fsp3) is 0.833. The summed E-state index contributed by atoms with van der Waals surface area (Å²) in [5, 5.41) is 0. The third kappa shape index (κ3) is 6.66. The lowest BCUT2D eigenvalue weighted by Gasteiger charge is -2.27. The molecule has 0 saturated heterocycles. The molecule has 0 N–H and O–H groups in total. The molecule has 0 bridgehead atoms. The monoisotopic (exact) mass is 181 g/mol. The van der Waals surface area contributed by atoms with E-state index >= 15 is 0 Å². The van der Waals surface area contributed by atoms with Gasteiger partial charge in [0.25, 0.3) is 0 Å². The Morgan fingerprint density at radius 2 is 1.85 bits per heavy atom. The quantitative estimate of drug-likeness (QED) is 0.450. The van der Waals surface area contributed by atoms with E-state index in [-0.39, 0.29) is 0 Å². The molecule has 0 rings (SSSR count). The van der Waals surface area contributed by atoms with Crippen molar-refractivity contribution in [2.75, 3.05) is 13.1 Å². The molecule has 1 heteroatoms. The van der Waals surface area contributed by atoms with Gasteiger partial charge in [0.2, 0.25) is 0 Å². The lowest BCUT2D eigenvalue weighted by atomic mass is 10.1. The SMILES string of the molecule is C#CCCCN(CC(C)C)C(C)C. The van der Waals surface area contributed by atoms with Crippen LogP contribution in [0, 0.1) is 18.3 Å². The van der Waals surface area contributed by atoms with Crippen molar-refractivity contribution in [2.24, 2.45) is 5.92 Å². The van der Waals surface area contributed by atoms with Crippen molar-refractivity contribution in [3.63, 3.8) is 0 Å². The summed E-state index contributed by atoms with van der Waals surface area (Å²) in [5.74, 6) is 3.43. The van der Waals surface area contributed by atoms with Crippen LogP contribution in [0.5, 0.6) is 0 Å². The minimum absolute atomic E-state index is 0.639. The summed E-state index contributed by atoms with van der Waals surface area (Å²) in [7, 11) is 0. The van der Waals surface area contributed by atoms with E-state index in [9.17, 15) is 0 Å². The second kappa shape index (κ2) is 6.97. The first-order valence-electron chi connectivity index (χ1n) is 5.25. The van der Waals surface area contributed by atoms with E-state index in [0.717, 1.165) is 25.3 Å². The van der Waals surface area contributed by atoms with E-state index in [1.807, 2.05) is 0 Å². The molecule has 0 saturated carbocycles. The summed E-state index contributed by atoms with van der Waals surface area (Å²) in [5.41, 5.74) is 0. The number of hydrogen-bond donors (Lipinski definition) is 0. The Morgan fingerprint density at radius 3 is 2.23 bits per heavy atom. The van der Waals surface area contributed by atoms with Crippen molar-refractivity contribution in [2.45, 2.75) is 46.6 Å². The molecule has 0 unspecified atom stereocenters. The Morgan fingerprint density at radius 1 is 1.23 bits per heavy atom. The molecule has 0 aromatic heterocycles. The van der Waals surface area contributed by atoms with Crippen molar-refractivity contribution in [1.29, 1.82) is 0 Å². The molecule has 0 amide bonds. The lowest BCUT2D eigenvalue weighted by molar-refractivity contribution is 0.196. The molecule has 0 atom stereocenters. The predicted molar refractivity (Wildman–Crippen MR) is 59.6 cm³/mol. The highest BCUT2D eigenvalue weighted by atomic mass is 15.1. The average molecular weight is 181 g/mol. The zero-order chi connectivity index (χ0) is 10.3. The van der Waals surface area contributed by atoms with Gasteiger partial charge in [0, 0.05) is 19.0 Å². The Kier molecular flexibility index (Phi) is 6.72.